The van der Waals surface area contributed by atoms with E-state index in [0.717, 1.165) is 62.0 Å². The summed E-state index contributed by atoms with van der Waals surface area (Å²) in [6, 6.07) is 6.41. The number of rotatable bonds is 9. The van der Waals surface area contributed by atoms with E-state index in [1.807, 2.05) is 0 Å². The molecule has 1 aliphatic rings. The fraction of sp³-hybridized carbons (Fsp3) is 0.591. The standard InChI is InChI=1S/C22H34N6O/c1-4-21-27-26-16-28(21)13-12-24-22(23-5-2)25-15-18-11-10-17(3)14-20(18)29-19-8-6-7-9-19/h10-11,14,16,19H,4-9,12-13,15H2,1-3H3,(H2,23,24,25). The third-order valence-corrected chi connectivity index (χ3v) is 5.23. The highest BCUT2D eigenvalue weighted by Crippen LogP contribution is 2.28. The molecule has 1 saturated carbocycles. The summed E-state index contributed by atoms with van der Waals surface area (Å²) in [7, 11) is 0. The molecule has 1 heterocycles. The van der Waals surface area contributed by atoms with E-state index in [0.29, 0.717) is 12.6 Å². The zero-order valence-electron chi connectivity index (χ0n) is 17.9. The predicted octanol–water partition coefficient (Wildman–Crippen LogP) is 3.23. The summed E-state index contributed by atoms with van der Waals surface area (Å²) in [5.41, 5.74) is 2.35. The molecule has 158 valence electrons. The van der Waals surface area contributed by atoms with Gasteiger partial charge >= 0.3 is 0 Å². The molecule has 0 bridgehead atoms. The molecule has 3 rings (SSSR count). The number of hydrogen-bond acceptors (Lipinski definition) is 4. The van der Waals surface area contributed by atoms with Crippen LogP contribution in [-0.2, 0) is 19.5 Å². The first-order chi connectivity index (χ1) is 14.2. The van der Waals surface area contributed by atoms with Gasteiger partial charge in [0.25, 0.3) is 0 Å². The second kappa shape index (κ2) is 10.8. The van der Waals surface area contributed by atoms with Gasteiger partial charge in [-0.3, -0.25) is 0 Å². The van der Waals surface area contributed by atoms with Gasteiger partial charge in [-0.1, -0.05) is 19.1 Å². The molecule has 0 unspecified atom stereocenters. The van der Waals surface area contributed by atoms with Crippen molar-refractivity contribution < 1.29 is 4.74 Å². The van der Waals surface area contributed by atoms with Crippen molar-refractivity contribution in [3.63, 3.8) is 0 Å². The highest BCUT2D eigenvalue weighted by molar-refractivity contribution is 5.79. The van der Waals surface area contributed by atoms with Crippen LogP contribution >= 0.6 is 0 Å². The van der Waals surface area contributed by atoms with Crippen LogP contribution in [0.2, 0.25) is 0 Å². The average molecular weight is 399 g/mol. The minimum atomic E-state index is 0.349. The molecule has 1 aliphatic carbocycles. The SMILES string of the molecule is CCNC(=NCc1ccc(C)cc1OC1CCCC1)NCCn1cnnc1CC. The van der Waals surface area contributed by atoms with Crippen LogP contribution in [0.4, 0.5) is 0 Å². The van der Waals surface area contributed by atoms with Crippen molar-refractivity contribution in [2.45, 2.75) is 72.1 Å². The van der Waals surface area contributed by atoms with Crippen molar-refractivity contribution in [2.24, 2.45) is 4.99 Å². The molecular weight excluding hydrogens is 364 g/mol. The van der Waals surface area contributed by atoms with Gasteiger partial charge in [-0.2, -0.15) is 0 Å². The summed E-state index contributed by atoms with van der Waals surface area (Å²) >= 11 is 0. The molecule has 2 aromatic rings. The molecule has 2 N–H and O–H groups in total. The van der Waals surface area contributed by atoms with Gasteiger partial charge < -0.3 is 19.9 Å². The Morgan fingerprint density at radius 1 is 1.24 bits per heavy atom. The smallest absolute Gasteiger partial charge is 0.191 e. The Kier molecular flexibility index (Phi) is 7.90. The minimum Gasteiger partial charge on any atom is -0.490 e. The lowest BCUT2D eigenvalue weighted by Gasteiger charge is -2.17. The number of aromatic nitrogens is 3. The fourth-order valence-electron chi connectivity index (χ4n) is 3.63. The predicted molar refractivity (Wildman–Crippen MR) is 116 cm³/mol. The highest BCUT2D eigenvalue weighted by Gasteiger charge is 2.18. The molecular formula is C22H34N6O. The Hall–Kier alpha value is -2.57. The molecule has 1 fully saturated rings. The first-order valence-corrected chi connectivity index (χ1v) is 10.8. The topological polar surface area (TPSA) is 76.4 Å². The van der Waals surface area contributed by atoms with Crippen molar-refractivity contribution in [1.29, 1.82) is 0 Å². The van der Waals surface area contributed by atoms with Crippen molar-refractivity contribution >= 4 is 5.96 Å². The van der Waals surface area contributed by atoms with E-state index >= 15 is 0 Å². The molecule has 1 aromatic heterocycles. The number of ether oxygens (including phenoxy) is 1. The van der Waals surface area contributed by atoms with Crippen LogP contribution in [0.5, 0.6) is 5.75 Å². The Morgan fingerprint density at radius 3 is 2.83 bits per heavy atom. The minimum absolute atomic E-state index is 0.349. The number of benzene rings is 1. The van der Waals surface area contributed by atoms with Crippen molar-refractivity contribution in [2.75, 3.05) is 13.1 Å². The summed E-state index contributed by atoms with van der Waals surface area (Å²) in [5.74, 6) is 2.79. The maximum absolute atomic E-state index is 6.31. The Balaban J connectivity index is 1.61. The Morgan fingerprint density at radius 2 is 2.07 bits per heavy atom. The van der Waals surface area contributed by atoms with Crippen LogP contribution in [0.25, 0.3) is 0 Å². The van der Waals surface area contributed by atoms with E-state index in [9.17, 15) is 0 Å². The van der Waals surface area contributed by atoms with Crippen molar-refractivity contribution in [3.05, 3.63) is 41.5 Å². The zero-order chi connectivity index (χ0) is 20.5. The summed E-state index contributed by atoms with van der Waals surface area (Å²) in [6.45, 7) is 9.24. The lowest BCUT2D eigenvalue weighted by molar-refractivity contribution is 0.208. The number of hydrogen-bond donors (Lipinski definition) is 2. The van der Waals surface area contributed by atoms with Crippen LogP contribution in [0.1, 0.15) is 56.5 Å². The van der Waals surface area contributed by atoms with Crippen LogP contribution in [0, 0.1) is 6.92 Å². The van der Waals surface area contributed by atoms with Gasteiger partial charge in [0.2, 0.25) is 0 Å². The molecule has 0 spiro atoms. The van der Waals surface area contributed by atoms with E-state index in [2.05, 4.69) is 64.4 Å². The zero-order valence-corrected chi connectivity index (χ0v) is 17.9. The summed E-state index contributed by atoms with van der Waals surface area (Å²) in [4.78, 5) is 4.78. The molecule has 7 nitrogen and oxygen atoms in total. The van der Waals surface area contributed by atoms with Gasteiger partial charge in [0.05, 0.1) is 12.6 Å². The van der Waals surface area contributed by atoms with Crippen LogP contribution < -0.4 is 15.4 Å². The maximum Gasteiger partial charge on any atom is 0.191 e. The Labute approximate surface area is 174 Å². The van der Waals surface area contributed by atoms with Gasteiger partial charge in [0, 0.05) is 31.6 Å². The number of nitrogens with zero attached hydrogens (tertiary/aromatic N) is 4. The number of guanidine groups is 1. The summed E-state index contributed by atoms with van der Waals surface area (Å²) in [5, 5.41) is 14.8. The molecule has 0 aliphatic heterocycles. The van der Waals surface area contributed by atoms with Gasteiger partial charge in [0.1, 0.15) is 17.9 Å². The first-order valence-electron chi connectivity index (χ1n) is 10.8. The number of aliphatic imine (C=N–C) groups is 1. The normalized spacial score (nSPS) is 14.9. The van der Waals surface area contributed by atoms with E-state index in [1.165, 1.54) is 18.4 Å². The van der Waals surface area contributed by atoms with E-state index < -0.39 is 0 Å². The molecule has 1 aromatic carbocycles. The Bertz CT molecular complexity index is 794. The number of aryl methyl sites for hydroxylation is 2. The molecule has 29 heavy (non-hydrogen) atoms. The molecule has 0 atom stereocenters. The maximum atomic E-state index is 6.31. The summed E-state index contributed by atoms with van der Waals surface area (Å²) < 4.78 is 8.38. The highest BCUT2D eigenvalue weighted by atomic mass is 16.5. The van der Waals surface area contributed by atoms with Crippen LogP contribution in [-0.4, -0.2) is 39.9 Å². The second-order valence-electron chi connectivity index (χ2n) is 7.55. The summed E-state index contributed by atoms with van der Waals surface area (Å²) in [6.07, 6.45) is 7.86. The van der Waals surface area contributed by atoms with E-state index in [4.69, 9.17) is 9.73 Å². The molecule has 0 amide bonds. The van der Waals surface area contributed by atoms with E-state index in [-0.39, 0.29) is 0 Å². The quantitative estimate of drug-likeness (QED) is 0.501. The third-order valence-electron chi connectivity index (χ3n) is 5.23. The molecule has 7 heteroatoms. The second-order valence-corrected chi connectivity index (χ2v) is 7.55. The van der Waals surface area contributed by atoms with Crippen molar-refractivity contribution in [3.8, 4) is 5.75 Å². The lowest BCUT2D eigenvalue weighted by Crippen LogP contribution is -2.39. The lowest BCUT2D eigenvalue weighted by atomic mass is 10.1. The van der Waals surface area contributed by atoms with E-state index in [1.54, 1.807) is 6.33 Å². The van der Waals surface area contributed by atoms with Crippen LogP contribution in [0.3, 0.4) is 0 Å². The molecule has 0 saturated heterocycles. The largest absolute Gasteiger partial charge is 0.490 e. The van der Waals surface area contributed by atoms with Gasteiger partial charge in [-0.15, -0.1) is 10.2 Å². The van der Waals surface area contributed by atoms with Gasteiger partial charge in [0.15, 0.2) is 5.96 Å². The fourth-order valence-corrected chi connectivity index (χ4v) is 3.63. The van der Waals surface area contributed by atoms with Crippen molar-refractivity contribution in [1.82, 2.24) is 25.4 Å². The third kappa shape index (κ3) is 6.21. The van der Waals surface area contributed by atoms with Crippen LogP contribution in [0.15, 0.2) is 29.5 Å². The first kappa shape index (κ1) is 21.1. The van der Waals surface area contributed by atoms with Gasteiger partial charge in [-0.25, -0.2) is 4.99 Å². The average Bonchev–Trinajstić information content (AvgIpc) is 3.39. The van der Waals surface area contributed by atoms with Gasteiger partial charge in [-0.05, 0) is 51.2 Å². The molecule has 0 radical (unpaired) electrons. The number of nitrogens with one attached hydrogen (secondary N) is 2. The monoisotopic (exact) mass is 398 g/mol.